The Balaban J connectivity index is 1.19. The maximum absolute atomic E-state index is 14.3. The van der Waals surface area contributed by atoms with Crippen LogP contribution in [0.15, 0.2) is 18.3 Å². The Bertz CT molecular complexity index is 1270. The van der Waals surface area contributed by atoms with Crippen LogP contribution in [0, 0.1) is 11.7 Å². The van der Waals surface area contributed by atoms with Crippen LogP contribution in [0.3, 0.4) is 0 Å². The number of amides is 2. The van der Waals surface area contributed by atoms with Crippen LogP contribution in [0.4, 0.5) is 17.6 Å². The molecule has 2 aromatic rings. The number of aromatic nitrogens is 3. The van der Waals surface area contributed by atoms with E-state index in [0.717, 1.165) is 19.0 Å². The number of aliphatic hydroxyl groups is 1. The van der Waals surface area contributed by atoms with E-state index >= 15 is 0 Å². The molecule has 1 atom stereocenters. The number of ether oxygens (including phenoxy) is 2. The van der Waals surface area contributed by atoms with Crippen LogP contribution in [0.25, 0.3) is 11.3 Å². The van der Waals surface area contributed by atoms with E-state index < -0.39 is 42.4 Å². The quantitative estimate of drug-likeness (QED) is 0.407. The predicted octanol–water partition coefficient (Wildman–Crippen LogP) is 3.37. The number of carbonyl (C=O) groups is 2. The summed E-state index contributed by atoms with van der Waals surface area (Å²) in [6.07, 6.45) is -1.55. The van der Waals surface area contributed by atoms with Crippen LogP contribution < -0.4 is 10.1 Å². The molecule has 0 unspecified atom stereocenters. The fourth-order valence-corrected chi connectivity index (χ4v) is 6.09. The lowest BCUT2D eigenvalue weighted by Gasteiger charge is -2.42. The highest BCUT2D eigenvalue weighted by molar-refractivity contribution is 5.94. The molecule has 3 heterocycles. The van der Waals surface area contributed by atoms with E-state index in [4.69, 9.17) is 14.6 Å². The largest absolute Gasteiger partial charge is 0.481 e. The van der Waals surface area contributed by atoms with Crippen molar-refractivity contribution in [1.82, 2.24) is 25.4 Å². The first kappa shape index (κ1) is 29.2. The van der Waals surface area contributed by atoms with Crippen LogP contribution in [-0.4, -0.2) is 87.2 Å². The standard InChI is InChI=1S/C27H33F4N5O5/c1-40-22-12-18(19(28)15-32-22)20-13-21(35-34-20)24(39)36-9-4-16(14-25(36)7-8-25)23(38)33-17-2-5-26(6-3-17,27(29,30)31)41-11-10-37/h12-13,15-17,37H,2-11,14H2,1H3,(H,33,38)(H,34,35)/t16-,17?,26?/m1/s1. The molecule has 2 amide bonds. The van der Waals surface area contributed by atoms with Crippen LogP contribution in [0.5, 0.6) is 5.88 Å². The summed E-state index contributed by atoms with van der Waals surface area (Å²) in [5, 5.41) is 18.7. The molecular formula is C27H33F4N5O5. The van der Waals surface area contributed by atoms with Crippen molar-refractivity contribution in [3.63, 3.8) is 0 Å². The third-order valence-electron chi connectivity index (χ3n) is 8.59. The Morgan fingerprint density at radius 2 is 1.93 bits per heavy atom. The van der Waals surface area contributed by atoms with Gasteiger partial charge in [-0.3, -0.25) is 14.7 Å². The highest BCUT2D eigenvalue weighted by atomic mass is 19.4. The first-order valence-corrected chi connectivity index (χ1v) is 13.7. The number of carbonyl (C=O) groups excluding carboxylic acids is 2. The van der Waals surface area contributed by atoms with Gasteiger partial charge in [0, 0.05) is 35.7 Å². The number of likely N-dealkylation sites (tertiary alicyclic amines) is 1. The lowest BCUT2D eigenvalue weighted by atomic mass is 9.80. The highest BCUT2D eigenvalue weighted by Gasteiger charge is 2.58. The topological polar surface area (TPSA) is 130 Å². The molecule has 3 fully saturated rings. The van der Waals surface area contributed by atoms with Crippen LogP contribution >= 0.6 is 0 Å². The van der Waals surface area contributed by atoms with Gasteiger partial charge in [0.2, 0.25) is 11.8 Å². The van der Waals surface area contributed by atoms with E-state index in [2.05, 4.69) is 20.5 Å². The molecule has 0 radical (unpaired) electrons. The molecule has 14 heteroatoms. The van der Waals surface area contributed by atoms with Crippen LogP contribution in [0.2, 0.25) is 0 Å². The Hall–Kier alpha value is -3.26. The van der Waals surface area contributed by atoms with Crippen molar-refractivity contribution in [1.29, 1.82) is 0 Å². The van der Waals surface area contributed by atoms with E-state index in [9.17, 15) is 27.2 Å². The number of halogens is 4. The SMILES string of the molecule is COc1cc(-c2cc(C(=O)N3CC[C@@H](C(=O)NC4CCC(OCCO)(C(F)(F)F)CC4)CC34CC4)[nH]n2)c(F)cn1. The van der Waals surface area contributed by atoms with E-state index in [-0.39, 0.29) is 66.2 Å². The molecule has 2 aliphatic carbocycles. The molecule has 10 nitrogen and oxygen atoms in total. The number of aliphatic hydroxyl groups excluding tert-OH is 1. The van der Waals surface area contributed by atoms with Crippen LogP contribution in [0.1, 0.15) is 61.9 Å². The number of piperidine rings is 1. The van der Waals surface area contributed by atoms with Gasteiger partial charge in [0.05, 0.1) is 32.2 Å². The van der Waals surface area contributed by atoms with Crippen molar-refractivity contribution in [2.75, 3.05) is 26.9 Å². The average Bonchev–Trinajstić information content (AvgIpc) is 3.53. The second-order valence-electron chi connectivity index (χ2n) is 11.1. The molecule has 0 aromatic carbocycles. The number of alkyl halides is 3. The van der Waals surface area contributed by atoms with Crippen molar-refractivity contribution in [2.24, 2.45) is 5.92 Å². The fraction of sp³-hybridized carbons (Fsp3) is 0.630. The molecule has 1 spiro atoms. The Morgan fingerprint density at radius 3 is 2.56 bits per heavy atom. The minimum atomic E-state index is -4.57. The molecule has 3 aliphatic rings. The van der Waals surface area contributed by atoms with E-state index in [1.165, 1.54) is 19.2 Å². The summed E-state index contributed by atoms with van der Waals surface area (Å²) in [5.74, 6) is -1.27. The number of hydrogen-bond acceptors (Lipinski definition) is 7. The predicted molar refractivity (Wildman–Crippen MR) is 136 cm³/mol. The molecule has 3 N–H and O–H groups in total. The summed E-state index contributed by atoms with van der Waals surface area (Å²) in [6.45, 7) is -0.564. The minimum Gasteiger partial charge on any atom is -0.481 e. The van der Waals surface area contributed by atoms with Gasteiger partial charge < -0.3 is 24.8 Å². The van der Waals surface area contributed by atoms with Gasteiger partial charge in [-0.25, -0.2) is 9.37 Å². The molecule has 5 rings (SSSR count). The van der Waals surface area contributed by atoms with E-state index in [1.807, 2.05) is 0 Å². The number of aromatic amines is 1. The van der Waals surface area contributed by atoms with Gasteiger partial charge in [-0.05, 0) is 57.4 Å². The number of nitrogens with zero attached hydrogens (tertiary/aromatic N) is 3. The Morgan fingerprint density at radius 1 is 1.20 bits per heavy atom. The maximum Gasteiger partial charge on any atom is 0.417 e. The second-order valence-corrected chi connectivity index (χ2v) is 11.1. The molecule has 2 aromatic heterocycles. The summed E-state index contributed by atoms with van der Waals surface area (Å²) in [7, 11) is 1.41. The molecule has 0 bridgehead atoms. The molecule has 1 saturated heterocycles. The number of rotatable bonds is 8. The number of hydrogen-bond donors (Lipinski definition) is 3. The van der Waals surface area contributed by atoms with Crippen molar-refractivity contribution >= 4 is 11.8 Å². The van der Waals surface area contributed by atoms with Crippen molar-refractivity contribution in [3.8, 4) is 17.1 Å². The monoisotopic (exact) mass is 583 g/mol. The molecule has 41 heavy (non-hydrogen) atoms. The molecular weight excluding hydrogens is 550 g/mol. The Labute approximate surface area is 233 Å². The first-order valence-electron chi connectivity index (χ1n) is 13.7. The van der Waals surface area contributed by atoms with Gasteiger partial charge in [-0.2, -0.15) is 18.3 Å². The van der Waals surface area contributed by atoms with Gasteiger partial charge in [0.15, 0.2) is 11.4 Å². The van der Waals surface area contributed by atoms with Gasteiger partial charge in [-0.1, -0.05) is 0 Å². The number of nitrogens with one attached hydrogen (secondary N) is 2. The maximum atomic E-state index is 14.3. The summed E-state index contributed by atoms with van der Waals surface area (Å²) >= 11 is 0. The lowest BCUT2D eigenvalue weighted by Crippen LogP contribution is -2.55. The summed E-state index contributed by atoms with van der Waals surface area (Å²) in [6, 6.07) is 2.47. The van der Waals surface area contributed by atoms with E-state index in [1.54, 1.807) is 4.90 Å². The second kappa shape index (κ2) is 11.2. The Kier molecular flexibility index (Phi) is 7.99. The third-order valence-corrected chi connectivity index (χ3v) is 8.59. The van der Waals surface area contributed by atoms with Crippen molar-refractivity contribution in [3.05, 3.63) is 29.8 Å². The smallest absolute Gasteiger partial charge is 0.417 e. The lowest BCUT2D eigenvalue weighted by molar-refractivity contribution is -0.290. The fourth-order valence-electron chi connectivity index (χ4n) is 6.09. The van der Waals surface area contributed by atoms with Gasteiger partial charge >= 0.3 is 6.18 Å². The normalized spacial score (nSPS) is 25.7. The molecule has 2 saturated carbocycles. The van der Waals surface area contributed by atoms with Gasteiger partial charge in [0.1, 0.15) is 5.69 Å². The zero-order chi connectivity index (χ0) is 29.4. The summed E-state index contributed by atoms with van der Waals surface area (Å²) in [5.41, 5.74) is -2.21. The number of pyridine rings is 1. The van der Waals surface area contributed by atoms with Crippen LogP contribution in [-0.2, 0) is 9.53 Å². The van der Waals surface area contributed by atoms with Crippen molar-refractivity contribution < 1.29 is 41.7 Å². The van der Waals surface area contributed by atoms with E-state index in [0.29, 0.717) is 19.4 Å². The summed E-state index contributed by atoms with van der Waals surface area (Å²) in [4.78, 5) is 32.1. The highest BCUT2D eigenvalue weighted by Crippen LogP contribution is 2.51. The first-order chi connectivity index (χ1) is 19.5. The summed E-state index contributed by atoms with van der Waals surface area (Å²) < 4.78 is 65.5. The third kappa shape index (κ3) is 5.76. The number of methoxy groups -OCH3 is 1. The molecule has 224 valence electrons. The van der Waals surface area contributed by atoms with Gasteiger partial charge in [-0.15, -0.1) is 0 Å². The van der Waals surface area contributed by atoms with Gasteiger partial charge in [0.25, 0.3) is 5.91 Å². The zero-order valence-corrected chi connectivity index (χ0v) is 22.6. The average molecular weight is 584 g/mol. The zero-order valence-electron chi connectivity index (χ0n) is 22.6. The molecule has 1 aliphatic heterocycles. The van der Waals surface area contributed by atoms with Crippen molar-refractivity contribution in [2.45, 2.75) is 74.7 Å². The number of H-pyrrole nitrogens is 1. The minimum absolute atomic E-state index is 0.116.